The molecule has 0 aromatic heterocycles. The maximum absolute atomic E-state index is 14.3. The van der Waals surface area contributed by atoms with Crippen LogP contribution >= 0.6 is 11.8 Å². The summed E-state index contributed by atoms with van der Waals surface area (Å²) >= 11 is 1.60. The molecule has 22 heavy (non-hydrogen) atoms. The molecule has 0 fully saturated rings. The van der Waals surface area contributed by atoms with Crippen LogP contribution in [0.2, 0.25) is 0 Å². The first kappa shape index (κ1) is 15.5. The lowest BCUT2D eigenvalue weighted by Crippen LogP contribution is -2.21. The van der Waals surface area contributed by atoms with Crippen LogP contribution in [-0.4, -0.2) is 0 Å². The summed E-state index contributed by atoms with van der Waals surface area (Å²) < 4.78 is 28.0. The summed E-state index contributed by atoms with van der Waals surface area (Å²) in [6.45, 7) is 8.53. The molecule has 1 heterocycles. The smallest absolute Gasteiger partial charge is 0.163 e. The van der Waals surface area contributed by atoms with Crippen LogP contribution in [0.1, 0.15) is 48.9 Å². The van der Waals surface area contributed by atoms with Gasteiger partial charge in [-0.25, -0.2) is 8.78 Å². The zero-order valence-corrected chi connectivity index (χ0v) is 14.2. The first-order valence-electron chi connectivity index (χ1n) is 7.49. The van der Waals surface area contributed by atoms with Gasteiger partial charge in [0.2, 0.25) is 0 Å². The third kappa shape index (κ3) is 2.56. The largest absolute Gasteiger partial charge is 0.204 e. The molecule has 1 aliphatic rings. The maximum Gasteiger partial charge on any atom is 0.163 e. The van der Waals surface area contributed by atoms with Crippen LogP contribution in [-0.2, 0) is 5.75 Å². The normalized spacial score (nSPS) is 17.6. The summed E-state index contributed by atoms with van der Waals surface area (Å²) in [5, 5.41) is 0. The third-order valence-corrected chi connectivity index (χ3v) is 5.36. The molecular formula is C19H20F2S. The summed E-state index contributed by atoms with van der Waals surface area (Å²) in [6, 6.07) is 9.42. The molecule has 116 valence electrons. The minimum atomic E-state index is -0.755. The zero-order valence-electron chi connectivity index (χ0n) is 13.3. The number of aryl methyl sites for hydroxylation is 1. The first-order chi connectivity index (χ1) is 10.3. The van der Waals surface area contributed by atoms with Crippen molar-refractivity contribution in [2.75, 3.05) is 0 Å². The predicted molar refractivity (Wildman–Crippen MR) is 88.4 cm³/mol. The molecule has 0 radical (unpaired) electrons. The zero-order chi connectivity index (χ0) is 16.1. The molecule has 0 unspecified atom stereocenters. The summed E-state index contributed by atoms with van der Waals surface area (Å²) in [5.74, 6) is -0.914. The quantitative estimate of drug-likeness (QED) is 0.569. The first-order valence-corrected chi connectivity index (χ1v) is 8.47. The van der Waals surface area contributed by atoms with Crippen molar-refractivity contribution in [1.82, 2.24) is 0 Å². The van der Waals surface area contributed by atoms with Gasteiger partial charge in [0, 0.05) is 22.1 Å². The summed E-state index contributed by atoms with van der Waals surface area (Å²) in [6.07, 6.45) is 0. The van der Waals surface area contributed by atoms with Gasteiger partial charge in [0.25, 0.3) is 0 Å². The van der Waals surface area contributed by atoms with Crippen LogP contribution in [0, 0.1) is 24.0 Å². The Morgan fingerprint density at radius 1 is 1.05 bits per heavy atom. The minimum Gasteiger partial charge on any atom is -0.204 e. The van der Waals surface area contributed by atoms with E-state index in [9.17, 15) is 8.78 Å². The van der Waals surface area contributed by atoms with Crippen LogP contribution in [0.3, 0.4) is 0 Å². The van der Waals surface area contributed by atoms with Crippen molar-refractivity contribution in [3.05, 3.63) is 64.2 Å². The number of fused-ring (bicyclic) bond motifs is 2. The van der Waals surface area contributed by atoms with E-state index in [2.05, 4.69) is 45.9 Å². The van der Waals surface area contributed by atoms with Crippen molar-refractivity contribution >= 4 is 11.8 Å². The second kappa shape index (κ2) is 5.38. The lowest BCUT2D eigenvalue weighted by atomic mass is 9.71. The average molecular weight is 318 g/mol. The van der Waals surface area contributed by atoms with Gasteiger partial charge in [-0.1, -0.05) is 39.0 Å². The molecule has 0 aliphatic carbocycles. The Bertz CT molecular complexity index is 729. The molecule has 3 heteroatoms. The number of benzene rings is 2. The highest BCUT2D eigenvalue weighted by Gasteiger charge is 2.34. The maximum atomic E-state index is 14.3. The molecule has 1 aliphatic heterocycles. The van der Waals surface area contributed by atoms with Crippen LogP contribution < -0.4 is 0 Å². The molecule has 0 amide bonds. The summed E-state index contributed by atoms with van der Waals surface area (Å²) in [5.41, 5.74) is 3.76. The lowest BCUT2D eigenvalue weighted by molar-refractivity contribution is 0.353. The minimum absolute atomic E-state index is 0.0585. The van der Waals surface area contributed by atoms with E-state index in [1.54, 1.807) is 17.8 Å². The van der Waals surface area contributed by atoms with E-state index in [1.165, 1.54) is 22.1 Å². The van der Waals surface area contributed by atoms with Crippen molar-refractivity contribution in [2.24, 2.45) is 5.41 Å². The topological polar surface area (TPSA) is 0 Å². The van der Waals surface area contributed by atoms with Gasteiger partial charge in [-0.05, 0) is 41.2 Å². The SMILES string of the molecule is Cc1ccc2c(c1)SCc1c(ccc(F)c1F)[C@@H]2C(C)(C)C. The molecule has 0 saturated carbocycles. The molecule has 0 spiro atoms. The fraction of sp³-hybridized carbons (Fsp3) is 0.368. The highest BCUT2D eigenvalue weighted by Crippen LogP contribution is 2.49. The van der Waals surface area contributed by atoms with Crippen LogP contribution in [0.4, 0.5) is 8.78 Å². The van der Waals surface area contributed by atoms with Crippen molar-refractivity contribution in [3.63, 3.8) is 0 Å². The average Bonchev–Trinajstić information content (AvgIpc) is 2.59. The van der Waals surface area contributed by atoms with Gasteiger partial charge >= 0.3 is 0 Å². The Balaban J connectivity index is 2.29. The molecule has 0 saturated heterocycles. The monoisotopic (exact) mass is 318 g/mol. The molecule has 3 rings (SSSR count). The number of thioether (sulfide) groups is 1. The Morgan fingerprint density at radius 3 is 2.41 bits per heavy atom. The van der Waals surface area contributed by atoms with E-state index < -0.39 is 11.6 Å². The van der Waals surface area contributed by atoms with Gasteiger partial charge in [0.15, 0.2) is 11.6 Å². The highest BCUT2D eigenvalue weighted by atomic mass is 32.2. The molecular weight excluding hydrogens is 298 g/mol. The highest BCUT2D eigenvalue weighted by molar-refractivity contribution is 7.98. The Kier molecular flexibility index (Phi) is 3.80. The van der Waals surface area contributed by atoms with Crippen molar-refractivity contribution in [3.8, 4) is 0 Å². The summed E-state index contributed by atoms with van der Waals surface area (Å²) in [7, 11) is 0. The predicted octanol–water partition coefficient (Wildman–Crippen LogP) is 6.06. The van der Waals surface area contributed by atoms with Crippen LogP contribution in [0.15, 0.2) is 35.2 Å². The van der Waals surface area contributed by atoms with E-state index in [-0.39, 0.29) is 11.3 Å². The van der Waals surface area contributed by atoms with Gasteiger partial charge in [0.05, 0.1) is 0 Å². The van der Waals surface area contributed by atoms with Crippen molar-refractivity contribution in [2.45, 2.75) is 44.3 Å². The van der Waals surface area contributed by atoms with E-state index in [0.29, 0.717) is 11.3 Å². The standard InChI is InChI=1S/C19H20F2S/c1-11-5-6-13-16(9-11)22-10-14-12(17(13)19(2,3)4)7-8-15(20)18(14)21/h5-9,17H,10H2,1-4H3/t17-/m0/s1. The van der Waals surface area contributed by atoms with Gasteiger partial charge < -0.3 is 0 Å². The van der Waals surface area contributed by atoms with E-state index in [0.717, 1.165) is 5.56 Å². The second-order valence-corrected chi connectivity index (χ2v) is 8.08. The number of hydrogen-bond acceptors (Lipinski definition) is 1. The molecule has 1 atom stereocenters. The molecule has 0 N–H and O–H groups in total. The lowest BCUT2D eigenvalue weighted by Gasteiger charge is -2.33. The summed E-state index contributed by atoms with van der Waals surface area (Å²) in [4.78, 5) is 1.18. The Morgan fingerprint density at radius 2 is 1.73 bits per heavy atom. The van der Waals surface area contributed by atoms with Crippen LogP contribution in [0.5, 0.6) is 0 Å². The van der Waals surface area contributed by atoms with Gasteiger partial charge in [-0.3, -0.25) is 0 Å². The molecule has 0 nitrogen and oxygen atoms in total. The van der Waals surface area contributed by atoms with E-state index >= 15 is 0 Å². The van der Waals surface area contributed by atoms with Gasteiger partial charge in [-0.2, -0.15) is 0 Å². The fourth-order valence-corrected chi connectivity index (χ4v) is 4.50. The third-order valence-electron chi connectivity index (χ3n) is 4.26. The fourth-order valence-electron chi connectivity index (χ4n) is 3.28. The van der Waals surface area contributed by atoms with E-state index in [1.807, 2.05) is 0 Å². The molecule has 2 aromatic rings. The van der Waals surface area contributed by atoms with Gasteiger partial charge in [-0.15, -0.1) is 11.8 Å². The number of rotatable bonds is 0. The van der Waals surface area contributed by atoms with E-state index in [4.69, 9.17) is 0 Å². The Hall–Kier alpha value is -1.35. The molecule has 0 bridgehead atoms. The Labute approximate surface area is 134 Å². The number of halogens is 2. The second-order valence-electron chi connectivity index (χ2n) is 7.06. The van der Waals surface area contributed by atoms with Gasteiger partial charge in [0.1, 0.15) is 0 Å². The van der Waals surface area contributed by atoms with Crippen LogP contribution in [0.25, 0.3) is 0 Å². The van der Waals surface area contributed by atoms with Crippen molar-refractivity contribution in [1.29, 1.82) is 0 Å². The number of hydrogen-bond donors (Lipinski definition) is 0. The molecule has 2 aromatic carbocycles. The van der Waals surface area contributed by atoms with Crippen molar-refractivity contribution < 1.29 is 8.78 Å².